The van der Waals surface area contributed by atoms with Crippen molar-refractivity contribution in [3.05, 3.63) is 52.5 Å². The van der Waals surface area contributed by atoms with Crippen LogP contribution >= 0.6 is 15.9 Å². The molecule has 0 heterocycles. The first-order valence-corrected chi connectivity index (χ1v) is 9.21. The molecule has 0 unspecified atom stereocenters. The molecule has 156 valence electrons. The monoisotopic (exact) mass is 473 g/mol. The zero-order valence-electron chi connectivity index (χ0n) is 15.6. The highest BCUT2D eigenvalue weighted by molar-refractivity contribution is 9.10. The fraction of sp³-hybridized carbons (Fsp3) is 0.263. The molecule has 0 aliphatic rings. The molecular formula is C19H19BrF3N3O3. The van der Waals surface area contributed by atoms with E-state index in [1.54, 1.807) is 13.1 Å². The molecular weight excluding hydrogens is 455 g/mol. The quantitative estimate of drug-likeness (QED) is 0.633. The number of anilines is 2. The summed E-state index contributed by atoms with van der Waals surface area (Å²) < 4.78 is 41.1. The van der Waals surface area contributed by atoms with Gasteiger partial charge in [-0.3, -0.25) is 14.5 Å². The van der Waals surface area contributed by atoms with Gasteiger partial charge in [-0.05, 0) is 62.0 Å². The van der Waals surface area contributed by atoms with Gasteiger partial charge in [0.2, 0.25) is 11.8 Å². The fourth-order valence-corrected chi connectivity index (χ4v) is 2.92. The number of amides is 2. The van der Waals surface area contributed by atoms with Gasteiger partial charge in [0.05, 0.1) is 13.1 Å². The Morgan fingerprint density at radius 3 is 2.17 bits per heavy atom. The summed E-state index contributed by atoms with van der Waals surface area (Å²) in [5.74, 6) is -1.07. The van der Waals surface area contributed by atoms with Crippen molar-refractivity contribution in [1.82, 2.24) is 4.90 Å². The maximum absolute atomic E-state index is 12.1. The van der Waals surface area contributed by atoms with Crippen molar-refractivity contribution in [2.45, 2.75) is 13.3 Å². The van der Waals surface area contributed by atoms with Crippen molar-refractivity contribution in [2.75, 3.05) is 30.8 Å². The summed E-state index contributed by atoms with van der Waals surface area (Å²) in [6.07, 6.45) is -4.77. The third-order valence-electron chi connectivity index (χ3n) is 3.66. The van der Waals surface area contributed by atoms with Gasteiger partial charge in [-0.15, -0.1) is 13.2 Å². The number of likely N-dealkylation sites (N-methyl/N-ethyl adjacent to an activating group) is 1. The zero-order chi connectivity index (χ0) is 21.6. The summed E-state index contributed by atoms with van der Waals surface area (Å²) in [5, 5.41) is 5.32. The second-order valence-electron chi connectivity index (χ2n) is 6.30. The molecule has 10 heteroatoms. The van der Waals surface area contributed by atoms with Crippen molar-refractivity contribution >= 4 is 39.1 Å². The van der Waals surface area contributed by atoms with Gasteiger partial charge in [-0.2, -0.15) is 0 Å². The molecule has 29 heavy (non-hydrogen) atoms. The third-order valence-corrected chi connectivity index (χ3v) is 4.15. The van der Waals surface area contributed by atoms with Crippen molar-refractivity contribution in [1.29, 1.82) is 0 Å². The van der Waals surface area contributed by atoms with Gasteiger partial charge in [0.15, 0.2) is 0 Å². The number of hydrogen-bond donors (Lipinski definition) is 2. The van der Waals surface area contributed by atoms with Gasteiger partial charge < -0.3 is 15.4 Å². The van der Waals surface area contributed by atoms with Crippen LogP contribution in [0.4, 0.5) is 24.5 Å². The van der Waals surface area contributed by atoms with Crippen LogP contribution in [0.5, 0.6) is 5.75 Å². The number of alkyl halides is 3. The number of carbonyl (C=O) groups is 2. The van der Waals surface area contributed by atoms with Crippen LogP contribution in [0, 0.1) is 6.92 Å². The van der Waals surface area contributed by atoms with E-state index in [9.17, 15) is 22.8 Å². The smallest absolute Gasteiger partial charge is 0.406 e. The molecule has 0 fully saturated rings. The maximum atomic E-state index is 12.1. The second kappa shape index (κ2) is 9.75. The minimum absolute atomic E-state index is 0.0126. The number of nitrogens with one attached hydrogen (secondary N) is 2. The molecule has 2 aromatic carbocycles. The molecule has 0 bridgehead atoms. The third kappa shape index (κ3) is 8.12. The van der Waals surface area contributed by atoms with E-state index in [2.05, 4.69) is 31.3 Å². The molecule has 0 saturated carbocycles. The first-order chi connectivity index (χ1) is 13.5. The number of aryl methyl sites for hydroxylation is 1. The van der Waals surface area contributed by atoms with Crippen molar-refractivity contribution in [3.8, 4) is 5.75 Å². The van der Waals surface area contributed by atoms with Crippen LogP contribution in [-0.4, -0.2) is 43.2 Å². The number of nitrogens with zero attached hydrogens (tertiary/aromatic N) is 1. The Morgan fingerprint density at radius 2 is 1.62 bits per heavy atom. The summed E-state index contributed by atoms with van der Waals surface area (Å²) >= 11 is 3.35. The Labute approximate surface area is 174 Å². The molecule has 2 N–H and O–H groups in total. The van der Waals surface area contributed by atoms with Crippen LogP contribution < -0.4 is 15.4 Å². The fourth-order valence-electron chi connectivity index (χ4n) is 2.44. The number of halogens is 4. The lowest BCUT2D eigenvalue weighted by atomic mass is 10.2. The highest BCUT2D eigenvalue weighted by atomic mass is 79.9. The molecule has 0 aliphatic carbocycles. The van der Waals surface area contributed by atoms with Crippen LogP contribution in [0.1, 0.15) is 5.56 Å². The zero-order valence-corrected chi connectivity index (χ0v) is 17.2. The molecule has 0 radical (unpaired) electrons. The first-order valence-electron chi connectivity index (χ1n) is 8.42. The lowest BCUT2D eigenvalue weighted by Crippen LogP contribution is -2.36. The molecule has 0 spiro atoms. The van der Waals surface area contributed by atoms with Gasteiger partial charge in [0.25, 0.3) is 0 Å². The first kappa shape index (κ1) is 22.7. The van der Waals surface area contributed by atoms with Crippen molar-refractivity contribution in [3.63, 3.8) is 0 Å². The van der Waals surface area contributed by atoms with Crippen LogP contribution in [-0.2, 0) is 9.59 Å². The van der Waals surface area contributed by atoms with E-state index in [4.69, 9.17) is 0 Å². The SMILES string of the molecule is Cc1cc(Br)ccc1NC(=O)CN(C)CC(=O)Nc1ccc(OC(F)(F)F)cc1. The van der Waals surface area contributed by atoms with E-state index in [0.717, 1.165) is 22.2 Å². The molecule has 0 saturated heterocycles. The summed E-state index contributed by atoms with van der Waals surface area (Å²) in [7, 11) is 1.61. The van der Waals surface area contributed by atoms with Gasteiger partial charge in [0.1, 0.15) is 5.75 Å². The summed E-state index contributed by atoms with van der Waals surface area (Å²) in [6, 6.07) is 10.2. The minimum atomic E-state index is -4.77. The van der Waals surface area contributed by atoms with E-state index >= 15 is 0 Å². The summed E-state index contributed by atoms with van der Waals surface area (Å²) in [4.78, 5) is 25.7. The average molecular weight is 474 g/mol. The Balaban J connectivity index is 1.81. The predicted molar refractivity (Wildman–Crippen MR) is 107 cm³/mol. The molecule has 2 amide bonds. The summed E-state index contributed by atoms with van der Waals surface area (Å²) in [6.45, 7) is 1.78. The van der Waals surface area contributed by atoms with Crippen LogP contribution in [0.15, 0.2) is 46.9 Å². The molecule has 2 rings (SSSR count). The van der Waals surface area contributed by atoms with Crippen LogP contribution in [0.25, 0.3) is 0 Å². The van der Waals surface area contributed by atoms with Crippen molar-refractivity contribution in [2.24, 2.45) is 0 Å². The van der Waals surface area contributed by atoms with E-state index in [0.29, 0.717) is 11.4 Å². The largest absolute Gasteiger partial charge is 0.573 e. The number of benzene rings is 2. The number of rotatable bonds is 7. The summed E-state index contributed by atoms with van der Waals surface area (Å²) in [5.41, 5.74) is 1.89. The maximum Gasteiger partial charge on any atom is 0.573 e. The number of hydrogen-bond acceptors (Lipinski definition) is 4. The lowest BCUT2D eigenvalue weighted by Gasteiger charge is -2.17. The van der Waals surface area contributed by atoms with E-state index in [1.165, 1.54) is 17.0 Å². The molecule has 0 atom stereocenters. The Kier molecular flexibility index (Phi) is 7.63. The number of ether oxygens (including phenoxy) is 1. The molecule has 2 aromatic rings. The topological polar surface area (TPSA) is 70.7 Å². The van der Waals surface area contributed by atoms with Gasteiger partial charge in [-0.1, -0.05) is 15.9 Å². The van der Waals surface area contributed by atoms with Crippen LogP contribution in [0.2, 0.25) is 0 Å². The van der Waals surface area contributed by atoms with Crippen molar-refractivity contribution < 1.29 is 27.5 Å². The van der Waals surface area contributed by atoms with E-state index < -0.39 is 12.3 Å². The lowest BCUT2D eigenvalue weighted by molar-refractivity contribution is -0.274. The molecule has 0 aliphatic heterocycles. The standard InChI is InChI=1S/C19H19BrF3N3O3/c1-12-9-13(20)3-8-16(12)25-18(28)11-26(2)10-17(27)24-14-4-6-15(7-5-14)29-19(21,22)23/h3-9H,10-11H2,1-2H3,(H,24,27)(H,25,28). The normalized spacial score (nSPS) is 11.3. The second-order valence-corrected chi connectivity index (χ2v) is 7.22. The highest BCUT2D eigenvalue weighted by Gasteiger charge is 2.30. The van der Waals surface area contributed by atoms with Gasteiger partial charge in [-0.25, -0.2) is 0 Å². The van der Waals surface area contributed by atoms with Gasteiger partial charge >= 0.3 is 6.36 Å². The van der Waals surface area contributed by atoms with Crippen LogP contribution in [0.3, 0.4) is 0 Å². The average Bonchev–Trinajstić information content (AvgIpc) is 2.57. The minimum Gasteiger partial charge on any atom is -0.406 e. The number of carbonyl (C=O) groups excluding carboxylic acids is 2. The Bertz CT molecular complexity index is 873. The predicted octanol–water partition coefficient (Wildman–Crippen LogP) is 4.17. The highest BCUT2D eigenvalue weighted by Crippen LogP contribution is 2.24. The molecule has 6 nitrogen and oxygen atoms in total. The van der Waals surface area contributed by atoms with Gasteiger partial charge in [0, 0.05) is 15.8 Å². The van der Waals surface area contributed by atoms with E-state index in [1.807, 2.05) is 19.1 Å². The Morgan fingerprint density at radius 1 is 1.03 bits per heavy atom. The molecule has 0 aromatic heterocycles. The van der Waals surface area contributed by atoms with E-state index in [-0.39, 0.29) is 24.7 Å². The Hall–Kier alpha value is -2.59.